The van der Waals surface area contributed by atoms with Crippen LogP contribution < -0.4 is 5.73 Å². The summed E-state index contributed by atoms with van der Waals surface area (Å²) in [5, 5.41) is 25.0. The molecular weight excluding hydrogens is 155 g/mol. The Morgan fingerprint density at radius 1 is 1.00 bits per heavy atom. The van der Waals surface area contributed by atoms with Gasteiger partial charge in [0.05, 0.1) is 25.4 Å². The normalized spacial score (nSPS) is 10.7. The number of hydrogen-bond acceptors (Lipinski definition) is 4. The van der Waals surface area contributed by atoms with E-state index < -0.39 is 25.4 Å². The van der Waals surface area contributed by atoms with E-state index in [4.69, 9.17) is 21.1 Å². The first kappa shape index (κ1) is 12.4. The Labute approximate surface area is 72.5 Å². The summed E-state index contributed by atoms with van der Waals surface area (Å²) in [6, 6.07) is 0. The topological polar surface area (TPSA) is 86.7 Å². The van der Waals surface area contributed by atoms with E-state index in [1.54, 1.807) is 0 Å². The Hall–Kier alpha value is 0.710. The molecule has 9 heavy (non-hydrogen) atoms. The molecule has 0 rings (SSSR count). The van der Waals surface area contributed by atoms with E-state index in [0.717, 1.165) is 0 Å². The molecular formula is C4H11NO3Sc. The van der Waals surface area contributed by atoms with Crippen LogP contribution in [-0.4, -0.2) is 40.7 Å². The Morgan fingerprint density at radius 2 is 1.22 bits per heavy atom. The molecule has 0 fully saturated rings. The van der Waals surface area contributed by atoms with Crippen molar-refractivity contribution in [3.8, 4) is 0 Å². The molecule has 0 heterocycles. The van der Waals surface area contributed by atoms with Crippen LogP contribution in [0.1, 0.15) is 0 Å². The molecule has 0 saturated carbocycles. The van der Waals surface area contributed by atoms with Crippen molar-refractivity contribution in [2.24, 2.45) is 5.73 Å². The number of aliphatic hydroxyl groups is 3. The second-order valence-electron chi connectivity index (χ2n) is 1.84. The van der Waals surface area contributed by atoms with Crippen molar-refractivity contribution in [3.63, 3.8) is 0 Å². The molecule has 0 aliphatic rings. The van der Waals surface area contributed by atoms with E-state index >= 15 is 0 Å². The van der Waals surface area contributed by atoms with Crippen LogP contribution in [0, 0.1) is 0 Å². The van der Waals surface area contributed by atoms with Crippen LogP contribution >= 0.6 is 0 Å². The summed E-state index contributed by atoms with van der Waals surface area (Å²) >= 11 is 0. The second-order valence-corrected chi connectivity index (χ2v) is 1.84. The molecule has 0 amide bonds. The van der Waals surface area contributed by atoms with Crippen LogP contribution in [0.3, 0.4) is 0 Å². The van der Waals surface area contributed by atoms with Gasteiger partial charge in [-0.15, -0.1) is 0 Å². The maximum absolute atomic E-state index is 8.34. The molecule has 0 spiro atoms. The average molecular weight is 166 g/mol. The minimum Gasteiger partial charge on any atom is -0.394 e. The van der Waals surface area contributed by atoms with Gasteiger partial charge in [-0.2, -0.15) is 0 Å². The van der Waals surface area contributed by atoms with Gasteiger partial charge in [0.25, 0.3) is 0 Å². The van der Waals surface area contributed by atoms with Crippen LogP contribution in [0.15, 0.2) is 0 Å². The van der Waals surface area contributed by atoms with Crippen molar-refractivity contribution < 1.29 is 41.2 Å². The Bertz CT molecular complexity index is 58.6. The van der Waals surface area contributed by atoms with Gasteiger partial charge in [-0.1, -0.05) is 0 Å². The van der Waals surface area contributed by atoms with Crippen molar-refractivity contribution in [1.82, 2.24) is 0 Å². The average Bonchev–Trinajstić information content (AvgIpc) is 1.87. The fourth-order valence-electron chi connectivity index (χ4n) is 0.150. The monoisotopic (exact) mass is 166 g/mol. The van der Waals surface area contributed by atoms with Gasteiger partial charge in [0.2, 0.25) is 0 Å². The third-order valence-electron chi connectivity index (χ3n) is 0.945. The standard InChI is InChI=1S/C4H11NO3.Sc/c5-4(1-6,2-7)3-8;/h6-8H,1-3,5H2;. The molecule has 1 radical (unpaired) electrons. The fraction of sp³-hybridized carbons (Fsp3) is 1.00. The SMILES string of the molecule is NC(CO)(CO)CO.[Sc]. The van der Waals surface area contributed by atoms with Gasteiger partial charge >= 0.3 is 0 Å². The first-order valence-corrected chi connectivity index (χ1v) is 2.30. The summed E-state index contributed by atoms with van der Waals surface area (Å²) in [7, 11) is 0. The summed E-state index contributed by atoms with van der Waals surface area (Å²) < 4.78 is 0. The summed E-state index contributed by atoms with van der Waals surface area (Å²) in [5.41, 5.74) is 3.94. The zero-order valence-electron chi connectivity index (χ0n) is 5.12. The Morgan fingerprint density at radius 3 is 1.22 bits per heavy atom. The summed E-state index contributed by atoms with van der Waals surface area (Å²) in [5.74, 6) is 0. The van der Waals surface area contributed by atoms with Gasteiger partial charge < -0.3 is 21.1 Å². The molecule has 0 aliphatic heterocycles. The minimum absolute atomic E-state index is 0. The van der Waals surface area contributed by atoms with E-state index in [0.29, 0.717) is 0 Å². The van der Waals surface area contributed by atoms with Crippen LogP contribution in [-0.2, 0) is 25.8 Å². The number of aliphatic hydroxyl groups excluding tert-OH is 3. The predicted molar refractivity (Wildman–Crippen MR) is 28.2 cm³/mol. The van der Waals surface area contributed by atoms with Crippen molar-refractivity contribution in [2.75, 3.05) is 19.8 Å². The van der Waals surface area contributed by atoms with Crippen LogP contribution in [0.4, 0.5) is 0 Å². The van der Waals surface area contributed by atoms with Gasteiger partial charge in [0, 0.05) is 25.8 Å². The minimum atomic E-state index is -1.21. The first-order chi connectivity index (χ1) is 3.68. The van der Waals surface area contributed by atoms with Crippen LogP contribution in [0.5, 0.6) is 0 Å². The Kier molecular flexibility index (Phi) is 7.56. The summed E-state index contributed by atoms with van der Waals surface area (Å²) in [6.45, 7) is -1.21. The largest absolute Gasteiger partial charge is 0.394 e. The molecule has 0 saturated heterocycles. The van der Waals surface area contributed by atoms with Gasteiger partial charge in [0.1, 0.15) is 0 Å². The second kappa shape index (κ2) is 5.49. The van der Waals surface area contributed by atoms with Crippen LogP contribution in [0.2, 0.25) is 0 Å². The molecule has 4 nitrogen and oxygen atoms in total. The van der Waals surface area contributed by atoms with Gasteiger partial charge in [-0.25, -0.2) is 0 Å². The van der Waals surface area contributed by atoms with Crippen LogP contribution in [0.25, 0.3) is 0 Å². The van der Waals surface area contributed by atoms with E-state index in [9.17, 15) is 0 Å². The molecule has 0 aromatic carbocycles. The van der Waals surface area contributed by atoms with Crippen molar-refractivity contribution in [1.29, 1.82) is 0 Å². The van der Waals surface area contributed by atoms with E-state index in [1.165, 1.54) is 0 Å². The molecule has 0 bridgehead atoms. The molecule has 0 aromatic heterocycles. The van der Waals surface area contributed by atoms with Gasteiger partial charge in [-0.3, -0.25) is 0 Å². The molecule has 53 valence electrons. The third kappa shape index (κ3) is 4.16. The molecule has 0 aromatic rings. The van der Waals surface area contributed by atoms with Gasteiger partial charge in [-0.05, 0) is 0 Å². The fourth-order valence-corrected chi connectivity index (χ4v) is 0.150. The molecule has 0 aliphatic carbocycles. The number of nitrogens with two attached hydrogens (primary N) is 1. The molecule has 5 N–H and O–H groups in total. The quantitative estimate of drug-likeness (QED) is 0.378. The van der Waals surface area contributed by atoms with E-state index in [2.05, 4.69) is 0 Å². The maximum Gasteiger partial charge on any atom is 0.0856 e. The predicted octanol–water partition coefficient (Wildman–Crippen LogP) is -2.34. The van der Waals surface area contributed by atoms with Gasteiger partial charge in [0.15, 0.2) is 0 Å². The first-order valence-electron chi connectivity index (χ1n) is 2.30. The molecule has 0 unspecified atom stereocenters. The molecule has 0 atom stereocenters. The van der Waals surface area contributed by atoms with E-state index in [-0.39, 0.29) is 25.8 Å². The van der Waals surface area contributed by atoms with Crippen molar-refractivity contribution >= 4 is 0 Å². The van der Waals surface area contributed by atoms with E-state index in [1.807, 2.05) is 0 Å². The molecule has 5 heteroatoms. The zero-order chi connectivity index (χ0) is 6.62. The Balaban J connectivity index is 0. The maximum atomic E-state index is 8.34. The zero-order valence-corrected chi connectivity index (χ0v) is 6.92. The smallest absolute Gasteiger partial charge is 0.0856 e. The van der Waals surface area contributed by atoms with Crippen molar-refractivity contribution in [2.45, 2.75) is 5.54 Å². The number of rotatable bonds is 3. The van der Waals surface area contributed by atoms with Crippen molar-refractivity contribution in [3.05, 3.63) is 0 Å². The summed E-state index contributed by atoms with van der Waals surface area (Å²) in [4.78, 5) is 0. The number of hydrogen-bond donors (Lipinski definition) is 4. The third-order valence-corrected chi connectivity index (χ3v) is 0.945. The summed E-state index contributed by atoms with van der Waals surface area (Å²) in [6.07, 6.45) is 0.